The topological polar surface area (TPSA) is 29.1 Å². The molecule has 0 amide bonds. The average molecular weight is 193 g/mol. The van der Waals surface area contributed by atoms with Gasteiger partial charge >= 0.3 is 0 Å². The molecule has 2 unspecified atom stereocenters. The first-order valence-electron chi connectivity index (χ1n) is 5.75. The van der Waals surface area contributed by atoms with Gasteiger partial charge in [0, 0.05) is 12.0 Å². The highest BCUT2D eigenvalue weighted by Crippen LogP contribution is 2.25. The lowest BCUT2D eigenvalue weighted by Crippen LogP contribution is -2.29. The molecule has 0 bridgehead atoms. The molecule has 2 aliphatic rings. The van der Waals surface area contributed by atoms with Crippen molar-refractivity contribution in [3.05, 3.63) is 11.6 Å². The number of ketones is 1. The van der Waals surface area contributed by atoms with Crippen molar-refractivity contribution in [1.29, 1.82) is 0 Å². The van der Waals surface area contributed by atoms with E-state index < -0.39 is 0 Å². The number of hydrogen-bond acceptors (Lipinski definition) is 2. The number of hydrogen-bond donors (Lipinski definition) is 1. The summed E-state index contributed by atoms with van der Waals surface area (Å²) in [5, 5.41) is 3.34. The van der Waals surface area contributed by atoms with Crippen LogP contribution in [0.2, 0.25) is 0 Å². The van der Waals surface area contributed by atoms with Gasteiger partial charge in [0.2, 0.25) is 0 Å². The van der Waals surface area contributed by atoms with E-state index in [0.29, 0.717) is 11.8 Å². The highest BCUT2D eigenvalue weighted by Gasteiger charge is 2.31. The van der Waals surface area contributed by atoms with Crippen molar-refractivity contribution in [2.75, 3.05) is 6.54 Å². The standard InChI is InChI=1S/C12H19NO/c1-9-11(7-8-13-9)12(14)10-5-3-2-4-6-10/h5,9,11,13H,2-4,6-8H2,1H3. The van der Waals surface area contributed by atoms with Gasteiger partial charge in [0.25, 0.3) is 0 Å². The minimum Gasteiger partial charge on any atom is -0.313 e. The fourth-order valence-corrected chi connectivity index (χ4v) is 2.52. The number of allylic oxidation sites excluding steroid dienone is 2. The Hall–Kier alpha value is -0.630. The minimum atomic E-state index is 0.249. The lowest BCUT2D eigenvalue weighted by Gasteiger charge is -2.18. The molecule has 0 aromatic heterocycles. The van der Waals surface area contributed by atoms with Crippen LogP contribution >= 0.6 is 0 Å². The maximum atomic E-state index is 12.1. The zero-order valence-corrected chi connectivity index (χ0v) is 8.88. The van der Waals surface area contributed by atoms with Crippen LogP contribution in [0.3, 0.4) is 0 Å². The number of carbonyl (C=O) groups is 1. The van der Waals surface area contributed by atoms with Gasteiger partial charge in [-0.3, -0.25) is 4.79 Å². The molecule has 1 aliphatic carbocycles. The van der Waals surface area contributed by atoms with Crippen LogP contribution in [0.5, 0.6) is 0 Å². The van der Waals surface area contributed by atoms with Crippen molar-refractivity contribution in [3.63, 3.8) is 0 Å². The summed E-state index contributed by atoms with van der Waals surface area (Å²) in [4.78, 5) is 12.1. The summed E-state index contributed by atoms with van der Waals surface area (Å²) in [7, 11) is 0. The van der Waals surface area contributed by atoms with E-state index >= 15 is 0 Å². The lowest BCUT2D eigenvalue weighted by molar-refractivity contribution is -0.119. The minimum absolute atomic E-state index is 0.249. The molecule has 78 valence electrons. The third kappa shape index (κ3) is 1.90. The Labute approximate surface area is 85.8 Å². The van der Waals surface area contributed by atoms with Crippen molar-refractivity contribution in [3.8, 4) is 0 Å². The van der Waals surface area contributed by atoms with Gasteiger partial charge in [0.1, 0.15) is 0 Å². The molecule has 0 saturated carbocycles. The van der Waals surface area contributed by atoms with Crippen LogP contribution in [0, 0.1) is 5.92 Å². The Morgan fingerprint density at radius 2 is 2.36 bits per heavy atom. The normalized spacial score (nSPS) is 32.8. The number of Topliss-reactive ketones (excluding diaryl/α,β-unsaturated/α-hetero) is 1. The fourth-order valence-electron chi connectivity index (χ4n) is 2.52. The molecule has 2 rings (SSSR count). The number of carbonyl (C=O) groups excluding carboxylic acids is 1. The second kappa shape index (κ2) is 4.26. The Kier molecular flexibility index (Phi) is 3.02. The van der Waals surface area contributed by atoms with Crippen molar-refractivity contribution in [2.24, 2.45) is 5.92 Å². The summed E-state index contributed by atoms with van der Waals surface area (Å²) in [6.45, 7) is 3.13. The van der Waals surface area contributed by atoms with Crippen LogP contribution in [-0.4, -0.2) is 18.4 Å². The van der Waals surface area contributed by atoms with Gasteiger partial charge in [-0.05, 0) is 51.1 Å². The molecule has 14 heavy (non-hydrogen) atoms. The van der Waals surface area contributed by atoms with E-state index in [1.165, 1.54) is 12.8 Å². The highest BCUT2D eigenvalue weighted by atomic mass is 16.1. The number of rotatable bonds is 2. The predicted molar refractivity (Wildman–Crippen MR) is 57.1 cm³/mol. The van der Waals surface area contributed by atoms with E-state index in [0.717, 1.165) is 31.4 Å². The quantitative estimate of drug-likeness (QED) is 0.727. The molecule has 1 fully saturated rings. The lowest BCUT2D eigenvalue weighted by atomic mass is 9.87. The van der Waals surface area contributed by atoms with Crippen molar-refractivity contribution in [2.45, 2.75) is 45.1 Å². The molecule has 1 saturated heterocycles. The zero-order valence-electron chi connectivity index (χ0n) is 8.88. The Morgan fingerprint density at radius 1 is 1.50 bits per heavy atom. The van der Waals surface area contributed by atoms with Crippen LogP contribution in [0.1, 0.15) is 39.0 Å². The van der Waals surface area contributed by atoms with E-state index in [1.54, 1.807) is 0 Å². The van der Waals surface area contributed by atoms with Gasteiger partial charge in [0.15, 0.2) is 5.78 Å². The van der Waals surface area contributed by atoms with Crippen LogP contribution in [0.4, 0.5) is 0 Å². The molecule has 1 N–H and O–H groups in total. The second-order valence-electron chi connectivity index (χ2n) is 4.48. The molecular weight excluding hydrogens is 174 g/mol. The summed E-state index contributed by atoms with van der Waals surface area (Å²) >= 11 is 0. The molecule has 1 aliphatic heterocycles. The molecule has 2 nitrogen and oxygen atoms in total. The maximum absolute atomic E-state index is 12.1. The van der Waals surface area contributed by atoms with E-state index in [4.69, 9.17) is 0 Å². The predicted octanol–water partition coefficient (Wildman–Crippen LogP) is 2.05. The third-order valence-electron chi connectivity index (χ3n) is 3.47. The molecule has 0 aromatic carbocycles. The fraction of sp³-hybridized carbons (Fsp3) is 0.750. The first-order chi connectivity index (χ1) is 6.79. The van der Waals surface area contributed by atoms with Gasteiger partial charge in [-0.25, -0.2) is 0 Å². The molecule has 0 aromatic rings. The molecule has 0 spiro atoms. The van der Waals surface area contributed by atoms with Crippen LogP contribution in [0.15, 0.2) is 11.6 Å². The van der Waals surface area contributed by atoms with E-state index in [1.807, 2.05) is 0 Å². The van der Waals surface area contributed by atoms with Crippen molar-refractivity contribution < 1.29 is 4.79 Å². The molecule has 2 atom stereocenters. The monoisotopic (exact) mass is 193 g/mol. The molecule has 0 radical (unpaired) electrons. The summed E-state index contributed by atoms with van der Waals surface area (Å²) in [6, 6.07) is 0.380. The molecule has 2 heteroatoms. The van der Waals surface area contributed by atoms with Gasteiger partial charge in [-0.1, -0.05) is 6.08 Å². The highest BCUT2D eigenvalue weighted by molar-refractivity contribution is 5.97. The summed E-state index contributed by atoms with van der Waals surface area (Å²) in [6.07, 6.45) is 7.77. The molecule has 1 heterocycles. The van der Waals surface area contributed by atoms with Gasteiger partial charge in [0.05, 0.1) is 0 Å². The first-order valence-corrected chi connectivity index (χ1v) is 5.75. The first kappa shape index (κ1) is 9.91. The second-order valence-corrected chi connectivity index (χ2v) is 4.48. The van der Waals surface area contributed by atoms with E-state index in [9.17, 15) is 4.79 Å². The van der Waals surface area contributed by atoms with Crippen molar-refractivity contribution >= 4 is 5.78 Å². The Bertz CT molecular complexity index is 257. The van der Waals surface area contributed by atoms with Gasteiger partial charge in [-0.15, -0.1) is 0 Å². The van der Waals surface area contributed by atoms with Crippen LogP contribution in [0.25, 0.3) is 0 Å². The van der Waals surface area contributed by atoms with E-state index in [-0.39, 0.29) is 5.92 Å². The average Bonchev–Trinajstić information content (AvgIpc) is 2.65. The number of nitrogens with one attached hydrogen (secondary N) is 1. The third-order valence-corrected chi connectivity index (χ3v) is 3.47. The SMILES string of the molecule is CC1NCCC1C(=O)C1=CCCCC1. The van der Waals surface area contributed by atoms with Gasteiger partial charge in [-0.2, -0.15) is 0 Å². The Balaban J connectivity index is 2.03. The van der Waals surface area contributed by atoms with E-state index in [2.05, 4.69) is 18.3 Å². The van der Waals surface area contributed by atoms with Gasteiger partial charge < -0.3 is 5.32 Å². The smallest absolute Gasteiger partial charge is 0.163 e. The molecular formula is C12H19NO. The summed E-state index contributed by atoms with van der Waals surface area (Å²) in [5.41, 5.74) is 1.11. The largest absolute Gasteiger partial charge is 0.313 e. The maximum Gasteiger partial charge on any atom is 0.163 e. The van der Waals surface area contributed by atoms with Crippen molar-refractivity contribution in [1.82, 2.24) is 5.32 Å². The van der Waals surface area contributed by atoms with Crippen LogP contribution in [-0.2, 0) is 4.79 Å². The Morgan fingerprint density at radius 3 is 2.93 bits per heavy atom. The van der Waals surface area contributed by atoms with Crippen LogP contribution < -0.4 is 5.32 Å². The zero-order chi connectivity index (χ0) is 9.97. The summed E-state index contributed by atoms with van der Waals surface area (Å²) in [5.74, 6) is 0.668. The summed E-state index contributed by atoms with van der Waals surface area (Å²) < 4.78 is 0.